The number of carbonyl (C=O) groups excluding carboxylic acids is 3. The zero-order valence-corrected chi connectivity index (χ0v) is 20.0. The number of nitriles is 1. The number of hydrogen-bond acceptors (Lipinski definition) is 7. The molecule has 1 aliphatic heterocycles. The molecular formula is C25H25N3O5S. The smallest absolute Gasteiger partial charge is 0.294 e. The van der Waals surface area contributed by atoms with Crippen molar-refractivity contribution >= 4 is 40.6 Å². The van der Waals surface area contributed by atoms with Gasteiger partial charge in [-0.1, -0.05) is 12.1 Å². The van der Waals surface area contributed by atoms with Crippen molar-refractivity contribution in [2.75, 3.05) is 25.6 Å². The topological polar surface area (TPSA) is 109 Å². The number of ether oxygens (including phenoxy) is 2. The van der Waals surface area contributed by atoms with Crippen LogP contribution in [0.4, 0.5) is 10.5 Å². The van der Waals surface area contributed by atoms with Crippen molar-refractivity contribution in [1.29, 1.82) is 5.26 Å². The first-order valence-corrected chi connectivity index (χ1v) is 11.4. The van der Waals surface area contributed by atoms with E-state index >= 15 is 0 Å². The summed E-state index contributed by atoms with van der Waals surface area (Å²) in [5.41, 5.74) is 3.38. The van der Waals surface area contributed by atoms with Crippen LogP contribution in [0.1, 0.15) is 29.5 Å². The Labute approximate surface area is 202 Å². The van der Waals surface area contributed by atoms with E-state index in [0.29, 0.717) is 42.2 Å². The Bertz CT molecular complexity index is 1190. The van der Waals surface area contributed by atoms with E-state index in [4.69, 9.17) is 14.7 Å². The number of carbonyl (C=O) groups is 3. The number of rotatable bonds is 9. The van der Waals surface area contributed by atoms with Crippen LogP contribution in [0.5, 0.6) is 11.5 Å². The number of methoxy groups -OCH3 is 1. The molecule has 1 fully saturated rings. The third kappa shape index (κ3) is 6.17. The standard InChI is InChI=1S/C25H25N3O5S/c1-16-6-8-19(12-17(16)2)27-23(29)15-28-24(30)22(34-25(28)31)14-18-7-9-20(21(13-18)32-3)33-11-5-4-10-26/h6-9,12-14H,4-5,11,15H2,1-3H3,(H,27,29)/b22-14+. The van der Waals surface area contributed by atoms with Crippen LogP contribution in [0.25, 0.3) is 6.08 Å². The van der Waals surface area contributed by atoms with Crippen LogP contribution in [0.3, 0.4) is 0 Å². The minimum atomic E-state index is -0.527. The first-order chi connectivity index (χ1) is 16.3. The highest BCUT2D eigenvalue weighted by atomic mass is 32.2. The number of anilines is 1. The monoisotopic (exact) mass is 479 g/mol. The Morgan fingerprint density at radius 3 is 2.65 bits per heavy atom. The molecule has 1 saturated heterocycles. The lowest BCUT2D eigenvalue weighted by Crippen LogP contribution is -2.36. The van der Waals surface area contributed by atoms with E-state index in [9.17, 15) is 14.4 Å². The van der Waals surface area contributed by atoms with Crippen LogP contribution in [0, 0.1) is 25.2 Å². The molecule has 176 valence electrons. The maximum absolute atomic E-state index is 12.8. The largest absolute Gasteiger partial charge is 0.493 e. The quantitative estimate of drug-likeness (QED) is 0.411. The lowest BCUT2D eigenvalue weighted by atomic mass is 10.1. The molecule has 0 spiro atoms. The van der Waals surface area contributed by atoms with Crippen LogP contribution in [0.15, 0.2) is 41.3 Å². The molecule has 0 radical (unpaired) electrons. The summed E-state index contributed by atoms with van der Waals surface area (Å²) in [6.45, 7) is 3.93. The Hall–Kier alpha value is -3.77. The minimum absolute atomic E-state index is 0.216. The van der Waals surface area contributed by atoms with Gasteiger partial charge in [-0.15, -0.1) is 0 Å². The maximum Gasteiger partial charge on any atom is 0.294 e. The predicted octanol–water partition coefficient (Wildman–Crippen LogP) is 4.67. The molecule has 2 aromatic rings. The van der Waals surface area contributed by atoms with Gasteiger partial charge in [0.25, 0.3) is 11.1 Å². The van der Waals surface area contributed by atoms with E-state index in [1.54, 1.807) is 30.3 Å². The summed E-state index contributed by atoms with van der Waals surface area (Å²) in [6, 6.07) is 12.7. The average Bonchev–Trinajstić information content (AvgIpc) is 3.07. The van der Waals surface area contributed by atoms with Crippen molar-refractivity contribution in [3.63, 3.8) is 0 Å². The molecule has 34 heavy (non-hydrogen) atoms. The van der Waals surface area contributed by atoms with Gasteiger partial charge >= 0.3 is 0 Å². The summed E-state index contributed by atoms with van der Waals surface area (Å²) in [4.78, 5) is 38.8. The lowest BCUT2D eigenvalue weighted by Gasteiger charge is -2.13. The van der Waals surface area contributed by atoms with Gasteiger partial charge in [0.2, 0.25) is 5.91 Å². The molecule has 0 atom stereocenters. The average molecular weight is 480 g/mol. The Morgan fingerprint density at radius 2 is 1.94 bits per heavy atom. The normalized spacial score (nSPS) is 14.3. The summed E-state index contributed by atoms with van der Waals surface area (Å²) in [6.07, 6.45) is 2.58. The molecule has 1 aliphatic rings. The van der Waals surface area contributed by atoms with Crippen LogP contribution < -0.4 is 14.8 Å². The SMILES string of the molecule is COc1cc(/C=C2/SC(=O)N(CC(=O)Nc3ccc(C)c(C)c3)C2=O)ccc1OCCCC#N. The zero-order valence-electron chi connectivity index (χ0n) is 19.2. The van der Waals surface area contributed by atoms with Gasteiger partial charge in [-0.2, -0.15) is 5.26 Å². The molecule has 8 nitrogen and oxygen atoms in total. The highest BCUT2D eigenvalue weighted by Crippen LogP contribution is 2.34. The van der Waals surface area contributed by atoms with Gasteiger partial charge in [-0.25, -0.2) is 0 Å². The molecule has 0 saturated carbocycles. The third-order valence-electron chi connectivity index (χ3n) is 5.14. The second-order valence-electron chi connectivity index (χ2n) is 7.64. The summed E-state index contributed by atoms with van der Waals surface area (Å²) < 4.78 is 11.0. The van der Waals surface area contributed by atoms with Crippen LogP contribution in [-0.4, -0.2) is 42.2 Å². The van der Waals surface area contributed by atoms with Gasteiger partial charge in [0.05, 0.1) is 24.7 Å². The molecule has 3 rings (SSSR count). The van der Waals surface area contributed by atoms with Crippen molar-refractivity contribution in [2.24, 2.45) is 0 Å². The molecular weight excluding hydrogens is 454 g/mol. The van der Waals surface area contributed by atoms with Crippen LogP contribution in [0.2, 0.25) is 0 Å². The molecule has 2 aromatic carbocycles. The Morgan fingerprint density at radius 1 is 1.15 bits per heavy atom. The molecule has 1 N–H and O–H groups in total. The molecule has 3 amide bonds. The van der Waals surface area contributed by atoms with E-state index in [0.717, 1.165) is 27.8 Å². The third-order valence-corrected chi connectivity index (χ3v) is 6.05. The van der Waals surface area contributed by atoms with Gasteiger partial charge in [0.15, 0.2) is 11.5 Å². The number of nitrogens with one attached hydrogen (secondary N) is 1. The van der Waals surface area contributed by atoms with Gasteiger partial charge in [0.1, 0.15) is 6.54 Å². The molecule has 0 bridgehead atoms. The minimum Gasteiger partial charge on any atom is -0.493 e. The molecule has 0 unspecified atom stereocenters. The van der Waals surface area contributed by atoms with Crippen molar-refractivity contribution in [2.45, 2.75) is 26.7 Å². The van der Waals surface area contributed by atoms with Gasteiger partial charge in [-0.3, -0.25) is 19.3 Å². The molecule has 0 aromatic heterocycles. The molecule has 1 heterocycles. The fourth-order valence-corrected chi connectivity index (χ4v) is 4.02. The summed E-state index contributed by atoms with van der Waals surface area (Å²) >= 11 is 0.782. The highest BCUT2D eigenvalue weighted by Gasteiger charge is 2.36. The van der Waals surface area contributed by atoms with Crippen molar-refractivity contribution in [3.8, 4) is 17.6 Å². The molecule has 0 aliphatic carbocycles. The number of benzene rings is 2. The van der Waals surface area contributed by atoms with Crippen LogP contribution >= 0.6 is 11.8 Å². The second kappa shape index (κ2) is 11.4. The van der Waals surface area contributed by atoms with Crippen molar-refractivity contribution < 1.29 is 23.9 Å². The Balaban J connectivity index is 1.67. The second-order valence-corrected chi connectivity index (χ2v) is 8.63. The van der Waals surface area contributed by atoms with Gasteiger partial charge in [-0.05, 0) is 79.1 Å². The van der Waals surface area contributed by atoms with E-state index < -0.39 is 17.1 Å². The van der Waals surface area contributed by atoms with Crippen molar-refractivity contribution in [3.05, 3.63) is 58.0 Å². The molecule has 9 heteroatoms. The number of aryl methyl sites for hydroxylation is 2. The lowest BCUT2D eigenvalue weighted by molar-refractivity contribution is -0.127. The maximum atomic E-state index is 12.8. The fraction of sp³-hybridized carbons (Fsp3) is 0.280. The number of amides is 3. The summed E-state index contributed by atoms with van der Waals surface area (Å²) in [5.74, 6) is 0.0128. The fourth-order valence-electron chi connectivity index (χ4n) is 3.18. The summed E-state index contributed by atoms with van der Waals surface area (Å²) in [5, 5.41) is 10.8. The Kier molecular flexibility index (Phi) is 8.33. The summed E-state index contributed by atoms with van der Waals surface area (Å²) in [7, 11) is 1.50. The van der Waals surface area contributed by atoms with E-state index in [1.807, 2.05) is 26.0 Å². The highest BCUT2D eigenvalue weighted by molar-refractivity contribution is 8.18. The van der Waals surface area contributed by atoms with E-state index in [-0.39, 0.29) is 11.4 Å². The zero-order chi connectivity index (χ0) is 24.7. The number of thioether (sulfide) groups is 1. The van der Waals surface area contributed by atoms with Crippen molar-refractivity contribution in [1.82, 2.24) is 4.90 Å². The number of nitrogens with zero attached hydrogens (tertiary/aromatic N) is 2. The first-order valence-electron chi connectivity index (χ1n) is 10.6. The number of imide groups is 1. The number of hydrogen-bond donors (Lipinski definition) is 1. The van der Waals surface area contributed by atoms with Gasteiger partial charge < -0.3 is 14.8 Å². The van der Waals surface area contributed by atoms with E-state index in [2.05, 4.69) is 11.4 Å². The predicted molar refractivity (Wildman–Crippen MR) is 131 cm³/mol. The van der Waals surface area contributed by atoms with Crippen LogP contribution in [-0.2, 0) is 9.59 Å². The first kappa shape index (κ1) is 24.9. The van der Waals surface area contributed by atoms with Gasteiger partial charge in [0, 0.05) is 12.1 Å². The van der Waals surface area contributed by atoms with E-state index in [1.165, 1.54) is 7.11 Å². The number of unbranched alkanes of at least 4 members (excludes halogenated alkanes) is 1.